The lowest BCUT2D eigenvalue weighted by atomic mass is 9.86. The largest absolute Gasteiger partial charge is 0.493 e. The van der Waals surface area contributed by atoms with Crippen molar-refractivity contribution in [1.29, 1.82) is 0 Å². The van der Waals surface area contributed by atoms with E-state index in [4.69, 9.17) is 42.1 Å². The molecule has 2 bridgehead atoms. The molecule has 3 atom stereocenters. The van der Waals surface area contributed by atoms with Crippen molar-refractivity contribution in [3.05, 3.63) is 109 Å². The van der Waals surface area contributed by atoms with Crippen LogP contribution < -0.4 is 19.8 Å². The second kappa shape index (κ2) is 15.9. The molecule has 0 amide bonds. The van der Waals surface area contributed by atoms with Gasteiger partial charge in [0.15, 0.2) is 23.9 Å². The highest BCUT2D eigenvalue weighted by atomic mass is 35.5. The Morgan fingerprint density at radius 1 is 1.02 bits per heavy atom. The minimum atomic E-state index is -1.03. The first kappa shape index (κ1) is 35.1. The Balaban J connectivity index is 1.18. The normalized spacial score (nSPS) is 19.6. The van der Waals surface area contributed by atoms with Crippen LogP contribution in [0.5, 0.6) is 11.5 Å². The molecule has 0 spiro atoms. The van der Waals surface area contributed by atoms with Gasteiger partial charge in [-0.2, -0.15) is 0 Å². The predicted octanol–water partition coefficient (Wildman–Crippen LogP) is 6.63. The Morgan fingerprint density at radius 3 is 2.43 bits per heavy atom. The number of aromatic amines is 1. The number of pyridine rings is 1. The molecule has 2 aromatic carbocycles. The highest BCUT2D eigenvalue weighted by Crippen LogP contribution is 2.36. The van der Waals surface area contributed by atoms with Crippen molar-refractivity contribution >= 4 is 46.5 Å². The van der Waals surface area contributed by atoms with Gasteiger partial charge in [-0.25, -0.2) is 19.0 Å². The predicted molar refractivity (Wildman–Crippen MR) is 184 cm³/mol. The monoisotopic (exact) mass is 728 g/mol. The number of ether oxygens (including phenoxy) is 4. The summed E-state index contributed by atoms with van der Waals surface area (Å²) in [4.78, 5) is 33.4. The first-order chi connectivity index (χ1) is 23.7. The van der Waals surface area contributed by atoms with Gasteiger partial charge in [-0.3, -0.25) is 10.2 Å². The maximum atomic E-state index is 15.0. The molecule has 0 saturated carbocycles. The van der Waals surface area contributed by atoms with E-state index < -0.39 is 29.9 Å². The zero-order chi connectivity index (χ0) is 34.5. The number of benzene rings is 2. The van der Waals surface area contributed by atoms with E-state index in [-0.39, 0.29) is 24.6 Å². The second-order valence-electron chi connectivity index (χ2n) is 12.1. The van der Waals surface area contributed by atoms with Crippen molar-refractivity contribution < 1.29 is 37.9 Å². The molecule has 9 nitrogen and oxygen atoms in total. The van der Waals surface area contributed by atoms with Crippen LogP contribution in [-0.4, -0.2) is 56.8 Å². The van der Waals surface area contributed by atoms with Crippen molar-refractivity contribution in [3.8, 4) is 11.5 Å². The summed E-state index contributed by atoms with van der Waals surface area (Å²) in [5, 5.41) is 3.98. The summed E-state index contributed by atoms with van der Waals surface area (Å²) in [5.41, 5.74) is 1.47. The van der Waals surface area contributed by atoms with Crippen molar-refractivity contribution in [2.75, 3.05) is 33.9 Å². The summed E-state index contributed by atoms with van der Waals surface area (Å²) in [6.07, 6.45) is 4.39. The fourth-order valence-electron chi connectivity index (χ4n) is 6.40. The Hall–Kier alpha value is -3.74. The van der Waals surface area contributed by atoms with Gasteiger partial charge in [0.25, 0.3) is 0 Å². The molecule has 1 unspecified atom stereocenters. The minimum absolute atomic E-state index is 0.192. The highest BCUT2D eigenvalue weighted by molar-refractivity contribution is 7.13. The molecule has 258 valence electrons. The molecule has 3 fully saturated rings. The fraction of sp³-hybridized carbons (Fsp3) is 0.361. The first-order valence-corrected chi connectivity index (χ1v) is 17.6. The molecule has 0 radical (unpaired) electrons. The molecule has 7 rings (SSSR count). The van der Waals surface area contributed by atoms with E-state index in [2.05, 4.69) is 15.2 Å². The lowest BCUT2D eigenvalue weighted by molar-refractivity contribution is -0.377. The quantitative estimate of drug-likeness (QED) is 0.153. The van der Waals surface area contributed by atoms with Gasteiger partial charge >= 0.3 is 11.9 Å². The van der Waals surface area contributed by atoms with Crippen LogP contribution in [0.15, 0.2) is 67.0 Å². The molecule has 0 aliphatic carbocycles. The minimum Gasteiger partial charge on any atom is -0.493 e. The zero-order valence-corrected chi connectivity index (χ0v) is 29.4. The van der Waals surface area contributed by atoms with E-state index in [9.17, 15) is 14.0 Å². The van der Waals surface area contributed by atoms with Crippen molar-refractivity contribution in [3.63, 3.8) is 0 Å². The van der Waals surface area contributed by atoms with E-state index in [1.807, 2.05) is 0 Å². The molecule has 2 aromatic heterocycles. The number of esters is 2. The number of carbonyl (C=O) groups is 2. The Morgan fingerprint density at radius 2 is 1.76 bits per heavy atom. The summed E-state index contributed by atoms with van der Waals surface area (Å²) in [7, 11) is 3.07. The molecule has 3 saturated heterocycles. The van der Waals surface area contributed by atoms with Crippen LogP contribution in [0.25, 0.3) is 0 Å². The number of fused-ring (bicyclic) bond motifs is 3. The average Bonchev–Trinajstić information content (AvgIpc) is 3.59. The third kappa shape index (κ3) is 8.19. The maximum absolute atomic E-state index is 15.0. The van der Waals surface area contributed by atoms with E-state index in [1.165, 1.54) is 31.6 Å². The maximum Gasteiger partial charge on any atom is 0.348 e. The molecule has 3 aliphatic heterocycles. The summed E-state index contributed by atoms with van der Waals surface area (Å²) < 4.78 is 37.9. The third-order valence-electron chi connectivity index (χ3n) is 9.07. The number of methoxy groups -OCH3 is 2. The highest BCUT2D eigenvalue weighted by Gasteiger charge is 2.38. The van der Waals surface area contributed by atoms with Gasteiger partial charge in [-0.05, 0) is 67.7 Å². The smallest absolute Gasteiger partial charge is 0.348 e. The number of halogens is 3. The molecular weight excluding hydrogens is 692 g/mol. The van der Waals surface area contributed by atoms with Crippen LogP contribution >= 0.6 is 34.5 Å². The third-order valence-corrected chi connectivity index (χ3v) is 10.8. The van der Waals surface area contributed by atoms with Gasteiger partial charge in [0.2, 0.25) is 0 Å². The number of H-pyrrole nitrogens is 1. The number of hydrogen-bond donors (Lipinski definition) is 1. The molecule has 2 N–H and O–H groups in total. The molecular formula is C36H37Cl2FN3O6S+. The summed E-state index contributed by atoms with van der Waals surface area (Å²) in [6, 6.07) is 13.9. The topological polar surface area (TPSA) is 100 Å². The lowest BCUT2D eigenvalue weighted by Crippen LogP contribution is -2.52. The summed E-state index contributed by atoms with van der Waals surface area (Å²) in [5.74, 6) is -0.263. The van der Waals surface area contributed by atoms with Crippen LogP contribution in [0.3, 0.4) is 0 Å². The Kier molecular flexibility index (Phi) is 11.4. The van der Waals surface area contributed by atoms with E-state index in [1.54, 1.807) is 60.9 Å². The van der Waals surface area contributed by atoms with Gasteiger partial charge in [0, 0.05) is 35.5 Å². The van der Waals surface area contributed by atoms with Crippen molar-refractivity contribution in [2.24, 2.45) is 5.92 Å². The number of thiophene rings is 1. The number of nitrogens with zero attached hydrogens (tertiary/aromatic N) is 1. The molecule has 49 heavy (non-hydrogen) atoms. The van der Waals surface area contributed by atoms with Crippen molar-refractivity contribution in [2.45, 2.75) is 44.1 Å². The summed E-state index contributed by atoms with van der Waals surface area (Å²) in [6.45, 7) is 2.91. The lowest BCUT2D eigenvalue weighted by Gasteiger charge is -2.44. The Bertz CT molecular complexity index is 1780. The van der Waals surface area contributed by atoms with Crippen molar-refractivity contribution in [1.82, 2.24) is 10.2 Å². The van der Waals surface area contributed by atoms with Gasteiger partial charge in [-0.1, -0.05) is 47.5 Å². The second-order valence-corrected chi connectivity index (χ2v) is 14.0. The molecule has 3 aliphatic rings. The number of nitrogens with one attached hydrogen (secondary N) is 2. The number of piperidine rings is 3. The summed E-state index contributed by atoms with van der Waals surface area (Å²) >= 11 is 14.1. The number of carbonyl (C=O) groups excluding carboxylic acids is 2. The van der Waals surface area contributed by atoms with Crippen LogP contribution in [0.1, 0.15) is 56.2 Å². The fourth-order valence-corrected chi connectivity index (χ4v) is 7.77. The number of rotatable bonds is 13. The zero-order valence-electron chi connectivity index (χ0n) is 27.0. The van der Waals surface area contributed by atoms with E-state index >= 15 is 0 Å². The van der Waals surface area contributed by atoms with Gasteiger partial charge in [0.1, 0.15) is 39.0 Å². The van der Waals surface area contributed by atoms with E-state index in [0.717, 1.165) is 30.8 Å². The van der Waals surface area contributed by atoms with Gasteiger partial charge in [-0.15, -0.1) is 11.3 Å². The molecule has 13 heteroatoms. The molecule has 4 aromatic rings. The number of aromatic nitrogens is 1. The number of hydrogen-bond acceptors (Lipinski definition) is 9. The SMILES string of the molecule is COc1ccc([C@H](Cc2c(Cl)c[nH+]cc2Cl)OC(=O)c2ccc(CNC(C(=O)O[C@H]3CN4CCC3CC4)c3ccccc3F)s2)cc1OC. The first-order valence-electron chi connectivity index (χ1n) is 16.0. The van der Waals surface area contributed by atoms with Crippen LogP contribution in [0, 0.1) is 11.7 Å². The van der Waals surface area contributed by atoms with Crippen LogP contribution in [-0.2, 0) is 27.2 Å². The van der Waals surface area contributed by atoms with Gasteiger partial charge < -0.3 is 18.9 Å². The average molecular weight is 730 g/mol. The standard InChI is InChI=1S/C36H36Cl2FN3O6S/c1-45-29-9-7-22(15-31(29)46-2)30(16-25-26(37)18-40-19-27(25)38)47-35(43)33-10-8-23(49-33)17-41-34(24-5-3-4-6-28(24)39)36(44)48-32-20-42-13-11-21(32)12-14-42/h3-10,15,18-19,21,30,32,34,41H,11-14,16-17,20H2,1-2H3/p+1/t30-,32-,34?/m0/s1. The van der Waals surface area contributed by atoms with Crippen LogP contribution in [0.4, 0.5) is 4.39 Å². The Labute approximate surface area is 298 Å². The van der Waals surface area contributed by atoms with Gasteiger partial charge in [0.05, 0.1) is 14.2 Å². The van der Waals surface area contributed by atoms with E-state index in [0.29, 0.717) is 50.0 Å². The van der Waals surface area contributed by atoms with Crippen LogP contribution in [0.2, 0.25) is 10.0 Å². The molecule has 5 heterocycles.